The molecule has 0 bridgehead atoms. The van der Waals surface area contributed by atoms with Gasteiger partial charge in [0, 0.05) is 6.54 Å². The third-order valence-electron chi connectivity index (χ3n) is 3.22. The van der Waals surface area contributed by atoms with E-state index in [1.807, 2.05) is 12.1 Å². The van der Waals surface area contributed by atoms with Gasteiger partial charge in [0.05, 0.1) is 17.3 Å². The van der Waals surface area contributed by atoms with Crippen molar-refractivity contribution in [3.05, 3.63) is 29.3 Å². The summed E-state index contributed by atoms with van der Waals surface area (Å²) in [5.41, 5.74) is 6.29. The molecule has 1 atom stereocenters. The van der Waals surface area contributed by atoms with Crippen molar-refractivity contribution in [3.8, 4) is 0 Å². The Bertz CT molecular complexity index is 424. The Morgan fingerprint density at radius 1 is 1.50 bits per heavy atom. The number of anilines is 1. The number of rotatable bonds is 4. The van der Waals surface area contributed by atoms with E-state index in [0.29, 0.717) is 29.7 Å². The van der Waals surface area contributed by atoms with E-state index in [0.717, 1.165) is 19.5 Å². The molecule has 1 aliphatic heterocycles. The normalized spacial score (nSPS) is 20.0. The number of para-hydroxylation sites is 1. The number of nitrogens with two attached hydrogens (primary N) is 1. The average Bonchev–Trinajstić information content (AvgIpc) is 2.80. The Balaban J connectivity index is 1.84. The number of hydrogen-bond donors (Lipinski definition) is 2. The van der Waals surface area contributed by atoms with Gasteiger partial charge in [-0.1, -0.05) is 23.7 Å². The molecule has 18 heavy (non-hydrogen) atoms. The number of likely N-dealkylation sites (tertiary alicyclic amines) is 1. The lowest BCUT2D eigenvalue weighted by Gasteiger charge is -2.15. The van der Waals surface area contributed by atoms with Crippen LogP contribution in [0.2, 0.25) is 5.02 Å². The average molecular weight is 268 g/mol. The summed E-state index contributed by atoms with van der Waals surface area (Å²) in [5, 5.41) is 3.39. The fourth-order valence-electron chi connectivity index (χ4n) is 2.20. The molecule has 1 aromatic rings. The third kappa shape index (κ3) is 3.45. The standard InChI is InChI=1S/C13H18ClN3O/c14-11-3-1-2-4-12(11)16-13(18)9-17-6-5-10(7-15)8-17/h1-4,10H,5-9,15H2,(H,16,18). The van der Waals surface area contributed by atoms with Crippen LogP contribution in [0.15, 0.2) is 24.3 Å². The predicted octanol–water partition coefficient (Wildman–Crippen LogP) is 1.56. The van der Waals surface area contributed by atoms with Crippen molar-refractivity contribution in [3.63, 3.8) is 0 Å². The second-order valence-electron chi connectivity index (χ2n) is 4.65. The van der Waals surface area contributed by atoms with E-state index in [9.17, 15) is 4.79 Å². The maximum Gasteiger partial charge on any atom is 0.238 e. The summed E-state index contributed by atoms with van der Waals surface area (Å²) in [6, 6.07) is 7.25. The summed E-state index contributed by atoms with van der Waals surface area (Å²) < 4.78 is 0. The molecule has 2 rings (SSSR count). The highest BCUT2D eigenvalue weighted by atomic mass is 35.5. The quantitative estimate of drug-likeness (QED) is 0.870. The molecule has 1 aliphatic rings. The fraction of sp³-hybridized carbons (Fsp3) is 0.462. The van der Waals surface area contributed by atoms with Crippen molar-refractivity contribution < 1.29 is 4.79 Å². The van der Waals surface area contributed by atoms with Crippen molar-refractivity contribution in [2.45, 2.75) is 6.42 Å². The summed E-state index contributed by atoms with van der Waals surface area (Å²) in [4.78, 5) is 14.0. The molecule has 0 aromatic heterocycles. The number of nitrogens with zero attached hydrogens (tertiary/aromatic N) is 1. The number of carbonyl (C=O) groups excluding carboxylic acids is 1. The van der Waals surface area contributed by atoms with Crippen LogP contribution in [-0.2, 0) is 4.79 Å². The summed E-state index contributed by atoms with van der Waals surface area (Å²) in [5.74, 6) is 0.499. The molecule has 0 radical (unpaired) electrons. The lowest BCUT2D eigenvalue weighted by molar-refractivity contribution is -0.117. The van der Waals surface area contributed by atoms with Gasteiger partial charge >= 0.3 is 0 Å². The number of benzene rings is 1. The van der Waals surface area contributed by atoms with Gasteiger partial charge in [0.25, 0.3) is 0 Å². The molecule has 0 spiro atoms. The van der Waals surface area contributed by atoms with E-state index in [4.69, 9.17) is 17.3 Å². The van der Waals surface area contributed by atoms with Crippen LogP contribution in [0, 0.1) is 5.92 Å². The highest BCUT2D eigenvalue weighted by molar-refractivity contribution is 6.33. The van der Waals surface area contributed by atoms with Crippen LogP contribution < -0.4 is 11.1 Å². The maximum atomic E-state index is 11.9. The molecular weight excluding hydrogens is 250 g/mol. The van der Waals surface area contributed by atoms with Gasteiger partial charge in [0.1, 0.15) is 0 Å². The van der Waals surface area contributed by atoms with Gasteiger partial charge in [-0.15, -0.1) is 0 Å². The highest BCUT2D eigenvalue weighted by Gasteiger charge is 2.22. The molecule has 1 amide bonds. The topological polar surface area (TPSA) is 58.4 Å². The third-order valence-corrected chi connectivity index (χ3v) is 3.55. The number of hydrogen-bond acceptors (Lipinski definition) is 3. The Morgan fingerprint density at radius 2 is 2.28 bits per heavy atom. The molecule has 5 heteroatoms. The number of halogens is 1. The van der Waals surface area contributed by atoms with E-state index < -0.39 is 0 Å². The Morgan fingerprint density at radius 3 is 2.94 bits per heavy atom. The summed E-state index contributed by atoms with van der Waals surface area (Å²) >= 11 is 5.99. The van der Waals surface area contributed by atoms with Crippen molar-refractivity contribution in [1.82, 2.24) is 4.90 Å². The first-order valence-electron chi connectivity index (χ1n) is 6.16. The first-order chi connectivity index (χ1) is 8.69. The minimum Gasteiger partial charge on any atom is -0.330 e. The van der Waals surface area contributed by atoms with Gasteiger partial charge in [-0.2, -0.15) is 0 Å². The summed E-state index contributed by atoms with van der Waals surface area (Å²) in [7, 11) is 0. The molecule has 1 saturated heterocycles. The molecule has 1 aromatic carbocycles. The van der Waals surface area contributed by atoms with Crippen molar-refractivity contribution in [2.24, 2.45) is 11.7 Å². The second-order valence-corrected chi connectivity index (χ2v) is 5.06. The highest BCUT2D eigenvalue weighted by Crippen LogP contribution is 2.20. The van der Waals surface area contributed by atoms with Crippen LogP contribution in [0.3, 0.4) is 0 Å². The van der Waals surface area contributed by atoms with Gasteiger partial charge < -0.3 is 11.1 Å². The van der Waals surface area contributed by atoms with Crippen LogP contribution in [0.1, 0.15) is 6.42 Å². The Kier molecular flexibility index (Phi) is 4.58. The van der Waals surface area contributed by atoms with E-state index in [-0.39, 0.29) is 5.91 Å². The summed E-state index contributed by atoms with van der Waals surface area (Å²) in [6.07, 6.45) is 1.08. The van der Waals surface area contributed by atoms with Crippen LogP contribution in [0.25, 0.3) is 0 Å². The lowest BCUT2D eigenvalue weighted by Crippen LogP contribution is -2.32. The molecule has 1 fully saturated rings. The number of amides is 1. The lowest BCUT2D eigenvalue weighted by atomic mass is 10.1. The smallest absolute Gasteiger partial charge is 0.238 e. The van der Waals surface area contributed by atoms with Gasteiger partial charge in [0.2, 0.25) is 5.91 Å². The molecule has 0 saturated carbocycles. The van der Waals surface area contributed by atoms with Crippen molar-refractivity contribution >= 4 is 23.2 Å². The Hall–Kier alpha value is -1.10. The zero-order valence-corrected chi connectivity index (χ0v) is 11.0. The maximum absolute atomic E-state index is 11.9. The minimum absolute atomic E-state index is 0.0271. The van der Waals surface area contributed by atoms with E-state index >= 15 is 0 Å². The van der Waals surface area contributed by atoms with Gasteiger partial charge in [0.15, 0.2) is 0 Å². The van der Waals surface area contributed by atoms with Crippen LogP contribution in [0.4, 0.5) is 5.69 Å². The van der Waals surface area contributed by atoms with Gasteiger partial charge in [-0.3, -0.25) is 9.69 Å². The second kappa shape index (κ2) is 6.18. The first-order valence-corrected chi connectivity index (χ1v) is 6.53. The number of nitrogens with one attached hydrogen (secondary N) is 1. The zero-order valence-electron chi connectivity index (χ0n) is 10.2. The van der Waals surface area contributed by atoms with Crippen molar-refractivity contribution in [2.75, 3.05) is 31.5 Å². The predicted molar refractivity (Wildman–Crippen MR) is 73.7 cm³/mol. The van der Waals surface area contributed by atoms with Crippen molar-refractivity contribution in [1.29, 1.82) is 0 Å². The molecule has 1 heterocycles. The van der Waals surface area contributed by atoms with Crippen LogP contribution >= 0.6 is 11.6 Å². The first kappa shape index (κ1) is 13.3. The Labute approximate surface area is 112 Å². The van der Waals surface area contributed by atoms with E-state index in [1.54, 1.807) is 12.1 Å². The molecule has 3 N–H and O–H groups in total. The SMILES string of the molecule is NCC1CCN(CC(=O)Nc2ccccc2Cl)C1. The zero-order chi connectivity index (χ0) is 13.0. The largest absolute Gasteiger partial charge is 0.330 e. The molecule has 1 unspecified atom stereocenters. The number of carbonyl (C=O) groups is 1. The minimum atomic E-state index is -0.0271. The molecule has 4 nitrogen and oxygen atoms in total. The molecular formula is C13H18ClN3O. The summed E-state index contributed by atoms with van der Waals surface area (Å²) in [6.45, 7) is 2.95. The molecule has 0 aliphatic carbocycles. The van der Waals surface area contributed by atoms with Gasteiger partial charge in [-0.25, -0.2) is 0 Å². The van der Waals surface area contributed by atoms with E-state index in [2.05, 4.69) is 10.2 Å². The monoisotopic (exact) mass is 267 g/mol. The van der Waals surface area contributed by atoms with Gasteiger partial charge in [-0.05, 0) is 37.6 Å². The fourth-order valence-corrected chi connectivity index (χ4v) is 2.39. The van der Waals surface area contributed by atoms with Crippen LogP contribution in [0.5, 0.6) is 0 Å². The van der Waals surface area contributed by atoms with E-state index in [1.165, 1.54) is 0 Å². The van der Waals surface area contributed by atoms with Crippen LogP contribution in [-0.4, -0.2) is 37.0 Å². The molecule has 98 valence electrons.